The van der Waals surface area contributed by atoms with E-state index < -0.39 is 0 Å². The predicted octanol–water partition coefficient (Wildman–Crippen LogP) is 7.60. The van der Waals surface area contributed by atoms with Gasteiger partial charge in [0.05, 0.1) is 11.4 Å². The quantitative estimate of drug-likeness (QED) is 0.234. The van der Waals surface area contributed by atoms with Crippen molar-refractivity contribution in [3.8, 4) is 11.1 Å². The lowest BCUT2D eigenvalue weighted by atomic mass is 9.92. The predicted molar refractivity (Wildman–Crippen MR) is 128 cm³/mol. The second kappa shape index (κ2) is 8.26. The first kappa shape index (κ1) is 21.2. The lowest BCUT2D eigenvalue weighted by Crippen LogP contribution is -2.15. The highest BCUT2D eigenvalue weighted by Gasteiger charge is 2.22. The Balaban J connectivity index is 1.83. The van der Waals surface area contributed by atoms with Crippen molar-refractivity contribution in [2.24, 2.45) is 0 Å². The number of hydrogen-bond donors (Lipinski definition) is 0. The van der Waals surface area contributed by atoms with Crippen molar-refractivity contribution in [3.63, 3.8) is 0 Å². The van der Waals surface area contributed by atoms with E-state index in [0.29, 0.717) is 0 Å². The molecule has 0 amide bonds. The fourth-order valence-corrected chi connectivity index (χ4v) is 4.48. The number of thioether (sulfide) groups is 1. The smallest absolute Gasteiger partial charge is 0.164 e. The molecule has 0 unspecified atom stereocenters. The Morgan fingerprint density at radius 3 is 2.13 bits per heavy atom. The first-order chi connectivity index (χ1) is 14.2. The number of fused-ring (bicyclic) bond motifs is 1. The van der Waals surface area contributed by atoms with E-state index >= 15 is 0 Å². The minimum absolute atomic E-state index is 0.0766. The number of rotatable bonds is 4. The summed E-state index contributed by atoms with van der Waals surface area (Å²) in [4.78, 5) is 5.03. The number of halogens is 2. The summed E-state index contributed by atoms with van der Waals surface area (Å²) < 4.78 is 1.97. The monoisotopic (exact) mass is 455 g/mol. The van der Waals surface area contributed by atoms with Gasteiger partial charge in [-0.25, -0.2) is 9.50 Å². The number of aryl methyl sites for hydroxylation is 1. The van der Waals surface area contributed by atoms with E-state index in [0.717, 1.165) is 49.0 Å². The Labute approximate surface area is 191 Å². The van der Waals surface area contributed by atoms with Gasteiger partial charge in [-0.15, -0.1) is 11.8 Å². The van der Waals surface area contributed by atoms with Crippen LogP contribution in [0.25, 0.3) is 16.8 Å². The fraction of sp³-hybridized carbons (Fsp3) is 0.250. The summed E-state index contributed by atoms with van der Waals surface area (Å²) >= 11 is 13.9. The molecule has 0 radical (unpaired) electrons. The van der Waals surface area contributed by atoms with Gasteiger partial charge in [-0.3, -0.25) is 0 Å². The van der Waals surface area contributed by atoms with Crippen LogP contribution in [0.1, 0.15) is 37.7 Å². The zero-order valence-electron chi connectivity index (χ0n) is 17.4. The van der Waals surface area contributed by atoms with Crippen LogP contribution in [-0.2, 0) is 11.2 Å². The summed E-state index contributed by atoms with van der Waals surface area (Å²) in [7, 11) is 0. The number of nitrogens with zero attached hydrogens (tertiary/aromatic N) is 3. The van der Waals surface area contributed by atoms with Gasteiger partial charge in [-0.2, -0.15) is 5.10 Å². The Morgan fingerprint density at radius 1 is 0.933 bits per heavy atom. The Bertz CT molecular complexity index is 1190. The Morgan fingerprint density at radius 2 is 1.53 bits per heavy atom. The van der Waals surface area contributed by atoms with Crippen molar-refractivity contribution in [2.75, 3.05) is 0 Å². The van der Waals surface area contributed by atoms with E-state index in [2.05, 4.69) is 39.0 Å². The third-order valence-electron chi connectivity index (χ3n) is 4.93. The lowest BCUT2D eigenvalue weighted by Gasteiger charge is -2.19. The van der Waals surface area contributed by atoms with Crippen LogP contribution in [0, 0.1) is 6.92 Å². The van der Waals surface area contributed by atoms with Crippen molar-refractivity contribution in [1.29, 1.82) is 0 Å². The highest BCUT2D eigenvalue weighted by atomic mass is 35.5. The van der Waals surface area contributed by atoms with Crippen molar-refractivity contribution < 1.29 is 0 Å². The molecule has 0 saturated heterocycles. The van der Waals surface area contributed by atoms with Gasteiger partial charge in [0.1, 0.15) is 5.03 Å². The van der Waals surface area contributed by atoms with Crippen LogP contribution in [-0.4, -0.2) is 14.6 Å². The molecule has 0 aliphatic carbocycles. The second-order valence-electron chi connectivity index (χ2n) is 8.35. The average Bonchev–Trinajstić information content (AvgIpc) is 3.03. The molecule has 2 aromatic carbocycles. The minimum Gasteiger partial charge on any atom is -0.232 e. The molecule has 0 atom stereocenters. The van der Waals surface area contributed by atoms with Crippen LogP contribution in [0.3, 0.4) is 0 Å². The van der Waals surface area contributed by atoms with Crippen molar-refractivity contribution in [2.45, 2.75) is 43.9 Å². The lowest BCUT2D eigenvalue weighted by molar-refractivity contribution is 0.563. The summed E-state index contributed by atoms with van der Waals surface area (Å²) in [6.45, 7) is 8.59. The molecule has 0 aliphatic rings. The molecule has 0 saturated carbocycles. The number of benzene rings is 2. The van der Waals surface area contributed by atoms with Crippen LogP contribution in [0.2, 0.25) is 10.0 Å². The third-order valence-corrected chi connectivity index (χ3v) is 6.50. The molecular formula is C24H23Cl2N3S. The summed E-state index contributed by atoms with van der Waals surface area (Å²) in [6.07, 6.45) is 0. The van der Waals surface area contributed by atoms with Gasteiger partial charge in [0.2, 0.25) is 0 Å². The van der Waals surface area contributed by atoms with Gasteiger partial charge in [0.25, 0.3) is 0 Å². The van der Waals surface area contributed by atoms with Crippen LogP contribution in [0.15, 0.2) is 59.6 Å². The van der Waals surface area contributed by atoms with E-state index in [4.69, 9.17) is 33.3 Å². The molecule has 3 nitrogen and oxygen atoms in total. The van der Waals surface area contributed by atoms with Crippen LogP contribution in [0.4, 0.5) is 0 Å². The van der Waals surface area contributed by atoms with Gasteiger partial charge in [-0.05, 0) is 48.4 Å². The molecule has 0 bridgehead atoms. The summed E-state index contributed by atoms with van der Waals surface area (Å²) in [5.74, 6) is 0.828. The number of aromatic nitrogens is 3. The van der Waals surface area contributed by atoms with E-state index in [1.54, 1.807) is 11.8 Å². The van der Waals surface area contributed by atoms with E-state index in [9.17, 15) is 0 Å². The summed E-state index contributed by atoms with van der Waals surface area (Å²) in [5, 5.41) is 7.38. The van der Waals surface area contributed by atoms with Crippen molar-refractivity contribution in [3.05, 3.63) is 81.6 Å². The molecule has 2 aromatic heterocycles. The number of hydrogen-bond acceptors (Lipinski definition) is 3. The zero-order chi connectivity index (χ0) is 21.5. The van der Waals surface area contributed by atoms with E-state index in [1.807, 2.05) is 47.8 Å². The molecule has 0 N–H and O–H groups in total. The minimum atomic E-state index is -0.0766. The zero-order valence-corrected chi connectivity index (χ0v) is 19.7. The standard InChI is InChI=1S/C24H23Cl2N3S/c1-15-22(17-7-11-19(26)12-8-17)23-27-20(24(2,3)4)13-21(29(23)28-15)30-14-16-5-9-18(25)10-6-16/h5-13H,14H2,1-4H3. The molecule has 0 fully saturated rings. The Kier molecular flexibility index (Phi) is 5.84. The highest BCUT2D eigenvalue weighted by molar-refractivity contribution is 7.98. The maximum Gasteiger partial charge on any atom is 0.164 e. The molecular weight excluding hydrogens is 433 g/mol. The maximum absolute atomic E-state index is 6.10. The van der Waals surface area contributed by atoms with Crippen LogP contribution < -0.4 is 0 Å². The average molecular weight is 456 g/mol. The first-order valence-corrected chi connectivity index (χ1v) is 11.5. The normalized spacial score (nSPS) is 11.9. The third kappa shape index (κ3) is 4.36. The molecule has 0 aliphatic heterocycles. The van der Waals surface area contributed by atoms with E-state index in [1.165, 1.54) is 5.56 Å². The molecule has 154 valence electrons. The van der Waals surface area contributed by atoms with Crippen molar-refractivity contribution in [1.82, 2.24) is 14.6 Å². The van der Waals surface area contributed by atoms with Gasteiger partial charge in [-0.1, -0.05) is 68.2 Å². The van der Waals surface area contributed by atoms with Gasteiger partial charge in [0, 0.05) is 26.8 Å². The summed E-state index contributed by atoms with van der Waals surface area (Å²) in [5.41, 5.74) is 6.12. The molecule has 4 aromatic rings. The molecule has 6 heteroatoms. The first-order valence-electron chi connectivity index (χ1n) is 9.76. The van der Waals surface area contributed by atoms with Gasteiger partial charge in [0.15, 0.2) is 5.65 Å². The molecule has 2 heterocycles. The topological polar surface area (TPSA) is 30.2 Å². The summed E-state index contributed by atoms with van der Waals surface area (Å²) in [6, 6.07) is 18.0. The van der Waals surface area contributed by atoms with Gasteiger partial charge >= 0.3 is 0 Å². The van der Waals surface area contributed by atoms with Crippen molar-refractivity contribution >= 4 is 40.6 Å². The van der Waals surface area contributed by atoms with Gasteiger partial charge < -0.3 is 0 Å². The van der Waals surface area contributed by atoms with Crippen LogP contribution >= 0.6 is 35.0 Å². The van der Waals surface area contributed by atoms with E-state index in [-0.39, 0.29) is 5.41 Å². The Hall–Kier alpha value is -2.01. The SMILES string of the molecule is Cc1nn2c(SCc3ccc(Cl)cc3)cc(C(C)(C)C)nc2c1-c1ccc(Cl)cc1. The second-order valence-corrected chi connectivity index (χ2v) is 10.2. The largest absolute Gasteiger partial charge is 0.232 e. The highest BCUT2D eigenvalue weighted by Crippen LogP contribution is 2.34. The molecule has 30 heavy (non-hydrogen) atoms. The maximum atomic E-state index is 6.10. The van der Waals surface area contributed by atoms with Crippen LogP contribution in [0.5, 0.6) is 0 Å². The molecule has 4 rings (SSSR count). The molecule has 0 spiro atoms. The fourth-order valence-electron chi connectivity index (χ4n) is 3.28.